The Balaban J connectivity index is 2.48. The summed E-state index contributed by atoms with van der Waals surface area (Å²) in [5.74, 6) is 2.20. The molecule has 7 heteroatoms. The summed E-state index contributed by atoms with van der Waals surface area (Å²) in [5.41, 5.74) is 2.06. The minimum atomic E-state index is 0.432. The molecule has 142 valence electrons. The first kappa shape index (κ1) is 20.1. The van der Waals surface area contributed by atoms with Gasteiger partial charge in [0.1, 0.15) is 17.2 Å². The van der Waals surface area contributed by atoms with E-state index in [-0.39, 0.29) is 0 Å². The van der Waals surface area contributed by atoms with Crippen molar-refractivity contribution in [2.24, 2.45) is 0 Å². The molecule has 1 N–H and O–H groups in total. The molecule has 0 amide bonds. The van der Waals surface area contributed by atoms with Gasteiger partial charge in [0.05, 0.1) is 32.6 Å². The third-order valence-corrected chi connectivity index (χ3v) is 4.23. The van der Waals surface area contributed by atoms with Gasteiger partial charge in [0.25, 0.3) is 5.88 Å². The van der Waals surface area contributed by atoms with Crippen LogP contribution in [0.4, 0.5) is 5.82 Å². The second-order valence-corrected chi connectivity index (χ2v) is 6.27. The van der Waals surface area contributed by atoms with Crippen LogP contribution in [0.1, 0.15) is 31.9 Å². The molecule has 1 aromatic carbocycles. The Morgan fingerprint density at radius 3 is 2.19 bits per heavy atom. The molecule has 0 unspecified atom stereocenters. The largest absolute Gasteiger partial charge is 0.496 e. The Kier molecular flexibility index (Phi) is 7.33. The number of hydrogen-bond donors (Lipinski definition) is 1. The van der Waals surface area contributed by atoms with Crippen LogP contribution in [0.3, 0.4) is 0 Å². The van der Waals surface area contributed by atoms with E-state index in [2.05, 4.69) is 22.2 Å². The van der Waals surface area contributed by atoms with Crippen molar-refractivity contribution >= 4 is 17.4 Å². The van der Waals surface area contributed by atoms with Crippen LogP contribution in [0.5, 0.6) is 17.4 Å². The minimum absolute atomic E-state index is 0.432. The van der Waals surface area contributed by atoms with Crippen molar-refractivity contribution < 1.29 is 14.2 Å². The molecule has 0 bridgehead atoms. The van der Waals surface area contributed by atoms with Crippen molar-refractivity contribution in [1.29, 1.82) is 0 Å². The first-order valence-corrected chi connectivity index (χ1v) is 9.01. The fourth-order valence-electron chi connectivity index (χ4n) is 2.69. The number of benzene rings is 1. The zero-order valence-corrected chi connectivity index (χ0v) is 16.7. The molecule has 2 rings (SSSR count). The summed E-state index contributed by atoms with van der Waals surface area (Å²) in [5, 5.41) is 3.83. The molecule has 0 saturated heterocycles. The molecule has 26 heavy (non-hydrogen) atoms. The standard InChI is InChI=1S/C19H26ClN3O3/c1-6-7-8-9-21-18-19(26-5)23-17(12(2)22-18)16-14(24-3)10-13(20)11-15(16)25-4/h10-11H,6-9H2,1-5H3,(H,21,22). The Labute approximate surface area is 159 Å². The second kappa shape index (κ2) is 9.48. The number of unbranched alkanes of at least 4 members (excludes halogenated alkanes) is 2. The fraction of sp³-hybridized carbons (Fsp3) is 0.474. The van der Waals surface area contributed by atoms with Gasteiger partial charge in [0.15, 0.2) is 5.82 Å². The van der Waals surface area contributed by atoms with Crippen LogP contribution in [-0.2, 0) is 0 Å². The number of nitrogens with one attached hydrogen (secondary N) is 1. The second-order valence-electron chi connectivity index (χ2n) is 5.83. The van der Waals surface area contributed by atoms with Crippen LogP contribution < -0.4 is 19.5 Å². The zero-order chi connectivity index (χ0) is 19.1. The number of rotatable bonds is 9. The van der Waals surface area contributed by atoms with Gasteiger partial charge in [0.2, 0.25) is 0 Å². The van der Waals surface area contributed by atoms with Crippen molar-refractivity contribution in [1.82, 2.24) is 9.97 Å². The molecule has 0 aliphatic rings. The van der Waals surface area contributed by atoms with Gasteiger partial charge in [0, 0.05) is 11.6 Å². The topological polar surface area (TPSA) is 65.5 Å². The van der Waals surface area contributed by atoms with Crippen LogP contribution in [0.25, 0.3) is 11.3 Å². The van der Waals surface area contributed by atoms with Crippen LogP contribution in [-0.4, -0.2) is 37.8 Å². The van der Waals surface area contributed by atoms with E-state index in [0.29, 0.717) is 39.5 Å². The van der Waals surface area contributed by atoms with Crippen molar-refractivity contribution in [2.45, 2.75) is 33.1 Å². The van der Waals surface area contributed by atoms with Crippen molar-refractivity contribution in [3.05, 3.63) is 22.8 Å². The number of ether oxygens (including phenoxy) is 3. The number of hydrogen-bond acceptors (Lipinski definition) is 6. The van der Waals surface area contributed by atoms with E-state index in [9.17, 15) is 0 Å². The molecule has 0 aliphatic heterocycles. The van der Waals surface area contributed by atoms with Gasteiger partial charge in [-0.3, -0.25) is 0 Å². The molecule has 0 saturated carbocycles. The Bertz CT molecular complexity index is 728. The van der Waals surface area contributed by atoms with Gasteiger partial charge in [-0.1, -0.05) is 31.4 Å². The lowest BCUT2D eigenvalue weighted by Crippen LogP contribution is -2.09. The van der Waals surface area contributed by atoms with Crippen LogP contribution >= 0.6 is 11.6 Å². The molecular formula is C19H26ClN3O3. The number of halogens is 1. The summed E-state index contributed by atoms with van der Waals surface area (Å²) in [4.78, 5) is 9.30. The summed E-state index contributed by atoms with van der Waals surface area (Å²) in [7, 11) is 4.74. The molecule has 0 atom stereocenters. The lowest BCUT2D eigenvalue weighted by molar-refractivity contribution is 0.392. The van der Waals surface area contributed by atoms with Crippen LogP contribution in [0.15, 0.2) is 12.1 Å². The third kappa shape index (κ3) is 4.49. The smallest absolute Gasteiger partial charge is 0.257 e. The average molecular weight is 380 g/mol. The highest BCUT2D eigenvalue weighted by atomic mass is 35.5. The van der Waals surface area contributed by atoms with Gasteiger partial charge < -0.3 is 19.5 Å². The quantitative estimate of drug-likeness (QED) is 0.635. The predicted molar refractivity (Wildman–Crippen MR) is 105 cm³/mol. The molecule has 1 aromatic heterocycles. The Morgan fingerprint density at radius 2 is 1.65 bits per heavy atom. The molecule has 0 radical (unpaired) electrons. The van der Waals surface area contributed by atoms with Gasteiger partial charge >= 0.3 is 0 Å². The molecule has 2 aromatic rings. The van der Waals surface area contributed by atoms with Gasteiger partial charge in [-0.2, -0.15) is 0 Å². The molecular weight excluding hydrogens is 354 g/mol. The fourth-order valence-corrected chi connectivity index (χ4v) is 2.89. The Hall–Kier alpha value is -2.21. The average Bonchev–Trinajstić information content (AvgIpc) is 2.65. The molecule has 0 fully saturated rings. The van der Waals surface area contributed by atoms with E-state index in [1.807, 2.05) is 6.92 Å². The van der Waals surface area contributed by atoms with E-state index >= 15 is 0 Å². The molecule has 0 spiro atoms. The van der Waals surface area contributed by atoms with Crippen molar-refractivity contribution in [2.75, 3.05) is 33.2 Å². The molecule has 1 heterocycles. The predicted octanol–water partition coefficient (Wildman–Crippen LogP) is 4.73. The lowest BCUT2D eigenvalue weighted by Gasteiger charge is -2.17. The summed E-state index contributed by atoms with van der Waals surface area (Å²) >= 11 is 6.14. The molecule has 6 nitrogen and oxygen atoms in total. The lowest BCUT2D eigenvalue weighted by atomic mass is 10.1. The number of nitrogens with zero attached hydrogens (tertiary/aromatic N) is 2. The maximum atomic E-state index is 6.14. The maximum absolute atomic E-state index is 6.14. The Morgan fingerprint density at radius 1 is 1.00 bits per heavy atom. The summed E-state index contributed by atoms with van der Waals surface area (Å²) < 4.78 is 16.4. The first-order chi connectivity index (χ1) is 12.5. The summed E-state index contributed by atoms with van der Waals surface area (Å²) in [6.07, 6.45) is 3.40. The van der Waals surface area contributed by atoms with Gasteiger partial charge in [-0.25, -0.2) is 9.97 Å². The highest BCUT2D eigenvalue weighted by Gasteiger charge is 2.21. The minimum Gasteiger partial charge on any atom is -0.496 e. The van der Waals surface area contributed by atoms with E-state index in [0.717, 1.165) is 18.7 Å². The molecule has 0 aliphatic carbocycles. The summed E-state index contributed by atoms with van der Waals surface area (Å²) in [6, 6.07) is 3.45. The summed E-state index contributed by atoms with van der Waals surface area (Å²) in [6.45, 7) is 4.89. The number of aryl methyl sites for hydroxylation is 1. The first-order valence-electron chi connectivity index (χ1n) is 8.64. The number of anilines is 1. The van der Waals surface area contributed by atoms with Crippen molar-refractivity contribution in [3.63, 3.8) is 0 Å². The number of aromatic nitrogens is 2. The highest BCUT2D eigenvalue weighted by Crippen LogP contribution is 2.42. The monoisotopic (exact) mass is 379 g/mol. The van der Waals surface area contributed by atoms with Gasteiger partial charge in [-0.05, 0) is 25.5 Å². The zero-order valence-electron chi connectivity index (χ0n) is 16.0. The highest BCUT2D eigenvalue weighted by molar-refractivity contribution is 6.31. The van der Waals surface area contributed by atoms with Crippen LogP contribution in [0.2, 0.25) is 5.02 Å². The normalized spacial score (nSPS) is 10.5. The van der Waals surface area contributed by atoms with Crippen molar-refractivity contribution in [3.8, 4) is 28.6 Å². The van der Waals surface area contributed by atoms with E-state index < -0.39 is 0 Å². The van der Waals surface area contributed by atoms with Gasteiger partial charge in [-0.15, -0.1) is 0 Å². The maximum Gasteiger partial charge on any atom is 0.257 e. The van der Waals surface area contributed by atoms with E-state index in [1.54, 1.807) is 33.5 Å². The van der Waals surface area contributed by atoms with E-state index in [1.165, 1.54) is 12.8 Å². The van der Waals surface area contributed by atoms with E-state index in [4.69, 9.17) is 25.8 Å². The van der Waals surface area contributed by atoms with Crippen LogP contribution in [0, 0.1) is 6.92 Å². The number of methoxy groups -OCH3 is 3. The third-order valence-electron chi connectivity index (χ3n) is 4.01. The SMILES string of the molecule is CCCCCNc1nc(C)c(-c2c(OC)cc(Cl)cc2OC)nc1OC.